The van der Waals surface area contributed by atoms with Crippen molar-refractivity contribution in [1.29, 1.82) is 0 Å². The first-order chi connectivity index (χ1) is 9.76. The minimum Gasteiger partial charge on any atom is -0.310 e. The highest BCUT2D eigenvalue weighted by molar-refractivity contribution is 5.36. The number of imidazole rings is 1. The smallest absolute Gasteiger partial charge is 0.113 e. The van der Waals surface area contributed by atoms with Crippen LogP contribution in [0, 0.1) is 0 Å². The van der Waals surface area contributed by atoms with Gasteiger partial charge in [0.2, 0.25) is 0 Å². The van der Waals surface area contributed by atoms with Crippen LogP contribution in [0.3, 0.4) is 0 Å². The number of aromatic nitrogens is 2. The average Bonchev–Trinajstić information content (AvgIpc) is 2.93. The van der Waals surface area contributed by atoms with E-state index in [2.05, 4.69) is 59.9 Å². The second kappa shape index (κ2) is 7.25. The molecule has 20 heavy (non-hydrogen) atoms. The van der Waals surface area contributed by atoms with Crippen molar-refractivity contribution in [2.24, 2.45) is 0 Å². The quantitative estimate of drug-likeness (QED) is 0.828. The second-order valence-electron chi connectivity index (χ2n) is 5.23. The fraction of sp³-hybridized carbons (Fsp3) is 0.471. The van der Waals surface area contributed by atoms with Gasteiger partial charge in [-0.1, -0.05) is 26.0 Å². The van der Waals surface area contributed by atoms with Crippen LogP contribution in [0.5, 0.6) is 0 Å². The van der Waals surface area contributed by atoms with E-state index in [4.69, 9.17) is 0 Å². The number of benzene rings is 1. The molecule has 0 bridgehead atoms. The van der Waals surface area contributed by atoms with E-state index in [1.54, 1.807) is 0 Å². The highest BCUT2D eigenvalue weighted by Crippen LogP contribution is 2.17. The summed E-state index contributed by atoms with van der Waals surface area (Å²) >= 11 is 0. The molecule has 1 heterocycles. The summed E-state index contributed by atoms with van der Waals surface area (Å²) in [6, 6.07) is 9.18. The van der Waals surface area contributed by atoms with Crippen LogP contribution in [0.15, 0.2) is 36.7 Å². The van der Waals surface area contributed by atoms with Gasteiger partial charge in [0.25, 0.3) is 0 Å². The number of hydrogen-bond acceptors (Lipinski definition) is 2. The zero-order valence-corrected chi connectivity index (χ0v) is 12.8. The molecule has 1 aromatic carbocycles. The van der Waals surface area contributed by atoms with Crippen LogP contribution in [0.2, 0.25) is 0 Å². The van der Waals surface area contributed by atoms with E-state index in [9.17, 15) is 0 Å². The zero-order chi connectivity index (χ0) is 14.4. The van der Waals surface area contributed by atoms with E-state index >= 15 is 0 Å². The molecule has 0 amide bonds. The SMILES string of the molecule is CCCNC(C)c1ccc(-n2ccnc2CCC)cc1. The summed E-state index contributed by atoms with van der Waals surface area (Å²) in [6.45, 7) is 7.65. The first-order valence-electron chi connectivity index (χ1n) is 7.62. The van der Waals surface area contributed by atoms with E-state index in [0.29, 0.717) is 6.04 Å². The van der Waals surface area contributed by atoms with Crippen LogP contribution in [-0.4, -0.2) is 16.1 Å². The summed E-state index contributed by atoms with van der Waals surface area (Å²) in [5, 5.41) is 3.52. The van der Waals surface area contributed by atoms with E-state index in [-0.39, 0.29) is 0 Å². The molecule has 0 aliphatic carbocycles. The number of nitrogens with one attached hydrogen (secondary N) is 1. The van der Waals surface area contributed by atoms with Crippen molar-refractivity contribution in [2.45, 2.75) is 46.1 Å². The summed E-state index contributed by atoms with van der Waals surface area (Å²) in [5.74, 6) is 1.14. The molecule has 1 N–H and O–H groups in total. The fourth-order valence-electron chi connectivity index (χ4n) is 2.38. The molecule has 3 nitrogen and oxygen atoms in total. The highest BCUT2D eigenvalue weighted by atomic mass is 15.1. The van der Waals surface area contributed by atoms with Crippen molar-refractivity contribution in [3.8, 4) is 5.69 Å². The summed E-state index contributed by atoms with van der Waals surface area (Å²) in [7, 11) is 0. The van der Waals surface area contributed by atoms with E-state index in [0.717, 1.165) is 31.6 Å². The Morgan fingerprint density at radius 3 is 2.55 bits per heavy atom. The Labute approximate surface area is 122 Å². The standard InChI is InChI=1S/C17H25N3/c1-4-6-17-19-12-13-20(17)16-9-7-15(8-10-16)14(3)18-11-5-2/h7-10,12-14,18H,4-6,11H2,1-3H3. The Kier molecular flexibility index (Phi) is 5.36. The van der Waals surface area contributed by atoms with Gasteiger partial charge in [-0.25, -0.2) is 4.98 Å². The number of nitrogens with zero attached hydrogens (tertiary/aromatic N) is 2. The van der Waals surface area contributed by atoms with Crippen molar-refractivity contribution in [1.82, 2.24) is 14.9 Å². The van der Waals surface area contributed by atoms with E-state index in [1.807, 2.05) is 12.4 Å². The van der Waals surface area contributed by atoms with Crippen molar-refractivity contribution in [3.05, 3.63) is 48.0 Å². The molecule has 3 heteroatoms. The van der Waals surface area contributed by atoms with Crippen LogP contribution >= 0.6 is 0 Å². The molecule has 0 saturated heterocycles. The van der Waals surface area contributed by atoms with Gasteiger partial charge in [0.15, 0.2) is 0 Å². The Hall–Kier alpha value is -1.61. The average molecular weight is 271 g/mol. The van der Waals surface area contributed by atoms with Gasteiger partial charge in [-0.05, 0) is 44.0 Å². The lowest BCUT2D eigenvalue weighted by Gasteiger charge is -2.14. The van der Waals surface area contributed by atoms with E-state index < -0.39 is 0 Å². The molecule has 0 fully saturated rings. The third-order valence-corrected chi connectivity index (χ3v) is 3.56. The summed E-state index contributed by atoms with van der Waals surface area (Å²) < 4.78 is 2.18. The third-order valence-electron chi connectivity index (χ3n) is 3.56. The first-order valence-corrected chi connectivity index (χ1v) is 7.62. The largest absolute Gasteiger partial charge is 0.310 e. The molecule has 1 atom stereocenters. The third kappa shape index (κ3) is 3.48. The van der Waals surface area contributed by atoms with Crippen molar-refractivity contribution < 1.29 is 0 Å². The summed E-state index contributed by atoms with van der Waals surface area (Å²) in [4.78, 5) is 4.43. The molecule has 0 aliphatic rings. The lowest BCUT2D eigenvalue weighted by molar-refractivity contribution is 0.570. The lowest BCUT2D eigenvalue weighted by atomic mass is 10.1. The Morgan fingerprint density at radius 1 is 1.15 bits per heavy atom. The maximum atomic E-state index is 4.43. The van der Waals surface area contributed by atoms with Crippen LogP contribution in [0.4, 0.5) is 0 Å². The minimum atomic E-state index is 0.405. The molecule has 0 spiro atoms. The number of rotatable bonds is 7. The van der Waals surface area contributed by atoms with Gasteiger partial charge >= 0.3 is 0 Å². The fourth-order valence-corrected chi connectivity index (χ4v) is 2.38. The Balaban J connectivity index is 2.13. The monoisotopic (exact) mass is 271 g/mol. The van der Waals surface area contributed by atoms with Crippen LogP contribution in [0.25, 0.3) is 5.69 Å². The van der Waals surface area contributed by atoms with E-state index in [1.165, 1.54) is 11.3 Å². The second-order valence-corrected chi connectivity index (χ2v) is 5.23. The molecule has 108 valence electrons. The predicted molar refractivity (Wildman–Crippen MR) is 84.3 cm³/mol. The first kappa shape index (κ1) is 14.8. The minimum absolute atomic E-state index is 0.405. The van der Waals surface area contributed by atoms with Gasteiger partial charge in [-0.3, -0.25) is 0 Å². The zero-order valence-electron chi connectivity index (χ0n) is 12.8. The topological polar surface area (TPSA) is 29.9 Å². The Morgan fingerprint density at radius 2 is 1.90 bits per heavy atom. The van der Waals surface area contributed by atoms with Crippen molar-refractivity contribution >= 4 is 0 Å². The number of hydrogen-bond donors (Lipinski definition) is 1. The predicted octanol–water partition coefficient (Wildman–Crippen LogP) is 3.89. The van der Waals surface area contributed by atoms with Crippen molar-refractivity contribution in [2.75, 3.05) is 6.54 Å². The molecule has 1 aromatic heterocycles. The van der Waals surface area contributed by atoms with Gasteiger partial charge in [-0.15, -0.1) is 0 Å². The molecule has 2 rings (SSSR count). The normalized spacial score (nSPS) is 12.6. The molecule has 2 aromatic rings. The maximum absolute atomic E-state index is 4.43. The molecule has 0 radical (unpaired) electrons. The van der Waals surface area contributed by atoms with Crippen molar-refractivity contribution in [3.63, 3.8) is 0 Å². The van der Waals surface area contributed by atoms with Crippen LogP contribution in [-0.2, 0) is 6.42 Å². The van der Waals surface area contributed by atoms with Gasteiger partial charge < -0.3 is 9.88 Å². The van der Waals surface area contributed by atoms with Crippen LogP contribution in [0.1, 0.15) is 51.0 Å². The maximum Gasteiger partial charge on any atom is 0.113 e. The van der Waals surface area contributed by atoms with Gasteiger partial charge in [0.1, 0.15) is 5.82 Å². The van der Waals surface area contributed by atoms with Gasteiger partial charge in [0.05, 0.1) is 0 Å². The molecular formula is C17H25N3. The molecule has 0 saturated carbocycles. The van der Waals surface area contributed by atoms with Gasteiger partial charge in [-0.2, -0.15) is 0 Å². The molecular weight excluding hydrogens is 246 g/mol. The summed E-state index contributed by atoms with van der Waals surface area (Å²) in [6.07, 6.45) is 7.22. The van der Waals surface area contributed by atoms with Crippen LogP contribution < -0.4 is 5.32 Å². The highest BCUT2D eigenvalue weighted by Gasteiger charge is 2.06. The molecule has 1 unspecified atom stereocenters. The molecule has 0 aliphatic heterocycles. The lowest BCUT2D eigenvalue weighted by Crippen LogP contribution is -2.19. The summed E-state index contributed by atoms with van der Waals surface area (Å²) in [5.41, 5.74) is 2.52. The van der Waals surface area contributed by atoms with Gasteiger partial charge in [0, 0.05) is 30.5 Å². The Bertz CT molecular complexity index is 513. The number of aryl methyl sites for hydroxylation is 1.